The quantitative estimate of drug-likeness (QED) is 0.812. The maximum atomic E-state index is 12.8. The van der Waals surface area contributed by atoms with Gasteiger partial charge in [-0.3, -0.25) is 9.67 Å². The van der Waals surface area contributed by atoms with Crippen LogP contribution in [0.4, 0.5) is 13.2 Å². The summed E-state index contributed by atoms with van der Waals surface area (Å²) in [6.07, 6.45) is -4.42. The number of halogens is 4. The van der Waals surface area contributed by atoms with E-state index in [-0.39, 0.29) is 0 Å². The number of rotatable bonds is 4. The first-order valence-electron chi connectivity index (χ1n) is 5.86. The molecular formula is C12H11BrF3N3OS. The second kappa shape index (κ2) is 6.29. The molecule has 2 rings (SSSR count). The lowest BCUT2D eigenvalue weighted by Gasteiger charge is -2.11. The van der Waals surface area contributed by atoms with Gasteiger partial charge in [-0.25, -0.2) is 0 Å². The Bertz CT molecular complexity index is 696. The van der Waals surface area contributed by atoms with Crippen LogP contribution in [-0.4, -0.2) is 28.5 Å². The van der Waals surface area contributed by atoms with Crippen LogP contribution in [0, 0.1) is 4.77 Å². The summed E-state index contributed by atoms with van der Waals surface area (Å²) in [4.78, 5) is 0. The van der Waals surface area contributed by atoms with E-state index in [0.29, 0.717) is 33.8 Å². The van der Waals surface area contributed by atoms with Gasteiger partial charge in [0.05, 0.1) is 18.7 Å². The number of hydrogen-bond acceptors (Lipinski definition) is 3. The minimum Gasteiger partial charge on any atom is -0.383 e. The highest BCUT2D eigenvalue weighted by atomic mass is 79.9. The number of methoxy groups -OCH3 is 1. The molecule has 0 aliphatic rings. The van der Waals surface area contributed by atoms with Crippen LogP contribution >= 0.6 is 28.1 Å². The van der Waals surface area contributed by atoms with Crippen molar-refractivity contribution in [1.29, 1.82) is 0 Å². The highest BCUT2D eigenvalue weighted by Gasteiger charge is 2.31. The van der Waals surface area contributed by atoms with Crippen molar-refractivity contribution < 1.29 is 17.9 Å². The minimum absolute atomic E-state index is 0.313. The molecule has 9 heteroatoms. The molecule has 0 saturated carbocycles. The van der Waals surface area contributed by atoms with Gasteiger partial charge in [0.1, 0.15) is 0 Å². The first-order valence-corrected chi connectivity index (χ1v) is 7.06. The van der Waals surface area contributed by atoms with Crippen molar-refractivity contribution in [3.8, 4) is 11.4 Å². The molecule has 0 radical (unpaired) electrons. The minimum atomic E-state index is -4.42. The van der Waals surface area contributed by atoms with Crippen molar-refractivity contribution in [2.75, 3.05) is 13.7 Å². The maximum absolute atomic E-state index is 12.8. The van der Waals surface area contributed by atoms with Crippen LogP contribution in [0.15, 0.2) is 22.7 Å². The van der Waals surface area contributed by atoms with E-state index in [0.717, 1.165) is 12.1 Å². The largest absolute Gasteiger partial charge is 0.416 e. The molecule has 0 unspecified atom stereocenters. The van der Waals surface area contributed by atoms with E-state index < -0.39 is 11.7 Å². The number of aromatic nitrogens is 3. The molecule has 4 nitrogen and oxygen atoms in total. The maximum Gasteiger partial charge on any atom is 0.416 e. The summed E-state index contributed by atoms with van der Waals surface area (Å²) >= 11 is 8.33. The number of hydrogen-bond donors (Lipinski definition) is 1. The zero-order valence-electron chi connectivity index (χ0n) is 10.9. The van der Waals surface area contributed by atoms with E-state index in [9.17, 15) is 13.2 Å². The predicted molar refractivity (Wildman–Crippen MR) is 77.4 cm³/mol. The van der Waals surface area contributed by atoms with E-state index in [4.69, 9.17) is 17.0 Å². The molecular weight excluding hydrogens is 371 g/mol. The fraction of sp³-hybridized carbons (Fsp3) is 0.333. The Balaban J connectivity index is 2.54. The lowest BCUT2D eigenvalue weighted by Crippen LogP contribution is -2.08. The van der Waals surface area contributed by atoms with E-state index in [1.165, 1.54) is 13.2 Å². The van der Waals surface area contributed by atoms with Crippen LogP contribution in [0.2, 0.25) is 0 Å². The first kappa shape index (κ1) is 16.2. The Kier molecular flexibility index (Phi) is 4.84. The monoisotopic (exact) mass is 381 g/mol. The van der Waals surface area contributed by atoms with Gasteiger partial charge in [-0.2, -0.15) is 18.3 Å². The molecule has 0 fully saturated rings. The van der Waals surface area contributed by atoms with Crippen LogP contribution in [0.5, 0.6) is 0 Å². The topological polar surface area (TPSA) is 42.8 Å². The highest BCUT2D eigenvalue weighted by Crippen LogP contribution is 2.35. The van der Waals surface area contributed by atoms with Gasteiger partial charge in [0.25, 0.3) is 0 Å². The summed E-state index contributed by atoms with van der Waals surface area (Å²) in [6.45, 7) is 0.765. The van der Waals surface area contributed by atoms with Crippen molar-refractivity contribution in [3.05, 3.63) is 33.0 Å². The molecule has 2 aromatic rings. The van der Waals surface area contributed by atoms with E-state index in [1.807, 2.05) is 0 Å². The van der Waals surface area contributed by atoms with Crippen LogP contribution in [0.25, 0.3) is 11.4 Å². The van der Waals surface area contributed by atoms with Crippen molar-refractivity contribution >= 4 is 28.1 Å². The van der Waals surface area contributed by atoms with E-state index >= 15 is 0 Å². The van der Waals surface area contributed by atoms with Crippen LogP contribution in [0.3, 0.4) is 0 Å². The molecule has 1 aromatic heterocycles. The number of H-pyrrole nitrogens is 1. The third kappa shape index (κ3) is 3.53. The van der Waals surface area contributed by atoms with Crippen LogP contribution < -0.4 is 0 Å². The van der Waals surface area contributed by atoms with E-state index in [1.54, 1.807) is 4.57 Å². The SMILES string of the molecule is COCCn1c(-c2cc(C(F)(F)F)ccc2Br)n[nH]c1=S. The van der Waals surface area contributed by atoms with Crippen molar-refractivity contribution in [1.82, 2.24) is 14.8 Å². The van der Waals surface area contributed by atoms with Gasteiger partial charge in [-0.05, 0) is 30.4 Å². The number of aromatic amines is 1. The first-order chi connectivity index (χ1) is 9.84. The standard InChI is InChI=1S/C12H11BrF3N3OS/c1-20-5-4-19-10(17-18-11(19)21)8-6-7(12(14,15)16)2-3-9(8)13/h2-3,6H,4-5H2,1H3,(H,18,21). The van der Waals surface area contributed by atoms with Gasteiger partial charge in [-0.1, -0.05) is 15.9 Å². The Morgan fingerprint density at radius 3 is 2.76 bits per heavy atom. The second-order valence-corrected chi connectivity index (χ2v) is 5.43. The Morgan fingerprint density at radius 2 is 2.14 bits per heavy atom. The smallest absolute Gasteiger partial charge is 0.383 e. The third-order valence-corrected chi connectivity index (χ3v) is 3.82. The number of ether oxygens (including phenoxy) is 1. The summed E-state index contributed by atoms with van der Waals surface area (Å²) in [5.41, 5.74) is -0.429. The van der Waals surface area contributed by atoms with Crippen LogP contribution in [0.1, 0.15) is 5.56 Å². The number of nitrogens with one attached hydrogen (secondary N) is 1. The molecule has 1 heterocycles. The van der Waals surface area contributed by atoms with Gasteiger partial charge in [0.15, 0.2) is 10.6 Å². The molecule has 0 atom stereocenters. The van der Waals surface area contributed by atoms with Gasteiger partial charge in [0.2, 0.25) is 0 Å². The van der Waals surface area contributed by atoms with Crippen molar-refractivity contribution in [3.63, 3.8) is 0 Å². The average molecular weight is 382 g/mol. The average Bonchev–Trinajstić information content (AvgIpc) is 2.77. The molecule has 0 amide bonds. The molecule has 0 spiro atoms. The number of alkyl halides is 3. The Morgan fingerprint density at radius 1 is 1.43 bits per heavy atom. The second-order valence-electron chi connectivity index (χ2n) is 4.19. The fourth-order valence-corrected chi connectivity index (χ4v) is 2.43. The van der Waals surface area contributed by atoms with Gasteiger partial charge in [0, 0.05) is 17.1 Å². The zero-order chi connectivity index (χ0) is 15.6. The highest BCUT2D eigenvalue weighted by molar-refractivity contribution is 9.10. The Labute approximate surface area is 132 Å². The molecule has 0 aliphatic carbocycles. The van der Waals surface area contributed by atoms with Gasteiger partial charge >= 0.3 is 6.18 Å². The molecule has 0 bridgehead atoms. The Hall–Kier alpha value is -1.19. The lowest BCUT2D eigenvalue weighted by molar-refractivity contribution is -0.137. The number of benzene rings is 1. The third-order valence-electron chi connectivity index (χ3n) is 2.81. The lowest BCUT2D eigenvalue weighted by atomic mass is 10.1. The van der Waals surface area contributed by atoms with E-state index in [2.05, 4.69) is 26.1 Å². The fourth-order valence-electron chi connectivity index (χ4n) is 1.79. The van der Waals surface area contributed by atoms with Crippen molar-refractivity contribution in [2.45, 2.75) is 12.7 Å². The molecule has 0 saturated heterocycles. The summed E-state index contributed by atoms with van der Waals surface area (Å²) in [6, 6.07) is 3.39. The van der Waals surface area contributed by atoms with Crippen molar-refractivity contribution in [2.24, 2.45) is 0 Å². The predicted octanol–water partition coefficient (Wildman–Crippen LogP) is 4.04. The van der Waals surface area contributed by atoms with Crippen LogP contribution in [-0.2, 0) is 17.5 Å². The summed E-state index contributed by atoms with van der Waals surface area (Å²) < 4.78 is 45.9. The molecule has 114 valence electrons. The molecule has 21 heavy (non-hydrogen) atoms. The zero-order valence-corrected chi connectivity index (χ0v) is 13.3. The molecule has 0 aliphatic heterocycles. The van der Waals surface area contributed by atoms with Gasteiger partial charge < -0.3 is 4.74 Å². The summed E-state index contributed by atoms with van der Waals surface area (Å²) in [5, 5.41) is 6.60. The summed E-state index contributed by atoms with van der Waals surface area (Å²) in [7, 11) is 1.53. The summed E-state index contributed by atoms with van der Waals surface area (Å²) in [5.74, 6) is 0.329. The van der Waals surface area contributed by atoms with Gasteiger partial charge in [-0.15, -0.1) is 0 Å². The number of nitrogens with zero attached hydrogens (tertiary/aromatic N) is 2. The molecule has 1 N–H and O–H groups in total. The normalized spacial score (nSPS) is 11.9. The molecule has 1 aromatic carbocycles.